The molecule has 0 spiro atoms. The van der Waals surface area contributed by atoms with E-state index in [4.69, 9.17) is 9.47 Å². The molecule has 14 heteroatoms. The van der Waals surface area contributed by atoms with Gasteiger partial charge in [0.2, 0.25) is 11.8 Å². The number of carbonyl (C=O) groups excluding carboxylic acids is 3. The number of thioether (sulfide) groups is 1. The molecular formula is C39H32N4O8S2. The molecule has 4 aliphatic rings. The van der Waals surface area contributed by atoms with Crippen LogP contribution in [0.1, 0.15) is 29.7 Å². The second-order valence-corrected chi connectivity index (χ2v) is 16.0. The molecule has 5 aromatic rings. The number of ether oxygens (including phenoxy) is 2. The molecular weight excluding hydrogens is 717 g/mol. The molecule has 2 aliphatic carbocycles. The third kappa shape index (κ3) is 5.42. The zero-order valence-corrected chi connectivity index (χ0v) is 29.9. The van der Waals surface area contributed by atoms with Gasteiger partial charge in [0.25, 0.3) is 11.6 Å². The van der Waals surface area contributed by atoms with E-state index < -0.39 is 16.8 Å². The number of hydrogen-bond acceptors (Lipinski definition) is 10. The maximum Gasteiger partial charge on any atom is 0.305 e. The molecule has 53 heavy (non-hydrogen) atoms. The van der Waals surface area contributed by atoms with Gasteiger partial charge in [-0.05, 0) is 72.4 Å². The van der Waals surface area contributed by atoms with Crippen molar-refractivity contribution in [3.8, 4) is 11.5 Å². The summed E-state index contributed by atoms with van der Waals surface area (Å²) in [5.41, 5.74) is 1.79. The lowest BCUT2D eigenvalue weighted by molar-refractivity contribution is -0.384. The fourth-order valence-electron chi connectivity index (χ4n) is 9.14. The van der Waals surface area contributed by atoms with E-state index in [0.29, 0.717) is 35.9 Å². The van der Waals surface area contributed by atoms with Gasteiger partial charge in [0.15, 0.2) is 18.1 Å². The molecule has 3 fully saturated rings. The van der Waals surface area contributed by atoms with E-state index in [1.807, 2.05) is 61.5 Å². The smallest absolute Gasteiger partial charge is 0.305 e. The first kappa shape index (κ1) is 33.4. The molecule has 3 amide bonds. The fourth-order valence-corrected chi connectivity index (χ4v) is 12.0. The maximum atomic E-state index is 14.1. The van der Waals surface area contributed by atoms with Gasteiger partial charge in [0, 0.05) is 39.3 Å². The SMILES string of the molecule is CCOc1cc([C@H]2c3sc(=O)[nH]c3SC3C4CC(C5C(=O)N(c6ccc([N+](=O)[O-])cc6)C(=O)C45)C32)ccc1OCC(=O)Nc1cccc2ccccc12. The molecule has 2 bridgehead atoms. The van der Waals surface area contributed by atoms with E-state index in [0.717, 1.165) is 37.6 Å². The highest BCUT2D eigenvalue weighted by atomic mass is 32.2. The average molecular weight is 749 g/mol. The molecule has 3 heterocycles. The fraction of sp³-hybridized carbons (Fsp3) is 0.282. The highest BCUT2D eigenvalue weighted by Crippen LogP contribution is 2.69. The first-order chi connectivity index (χ1) is 25.7. The summed E-state index contributed by atoms with van der Waals surface area (Å²) in [7, 11) is 0. The van der Waals surface area contributed by atoms with Crippen molar-refractivity contribution in [1.29, 1.82) is 0 Å². The average Bonchev–Trinajstić information content (AvgIpc) is 3.90. The second kappa shape index (κ2) is 12.9. The van der Waals surface area contributed by atoms with Crippen molar-refractivity contribution in [2.24, 2.45) is 29.6 Å². The third-order valence-corrected chi connectivity index (χ3v) is 13.7. The van der Waals surface area contributed by atoms with E-state index >= 15 is 0 Å². The summed E-state index contributed by atoms with van der Waals surface area (Å²) in [6.07, 6.45) is 0.713. The summed E-state index contributed by atoms with van der Waals surface area (Å²) in [5.74, 6) is -1.57. The summed E-state index contributed by atoms with van der Waals surface area (Å²) in [6.45, 7) is 1.97. The third-order valence-electron chi connectivity index (χ3n) is 11.1. The number of anilines is 2. The van der Waals surface area contributed by atoms with Crippen LogP contribution in [0.15, 0.2) is 94.7 Å². The van der Waals surface area contributed by atoms with Crippen LogP contribution < -0.4 is 24.6 Å². The molecule has 12 nitrogen and oxygen atoms in total. The Hall–Kier alpha value is -5.47. The van der Waals surface area contributed by atoms with Crippen LogP contribution >= 0.6 is 23.1 Å². The lowest BCUT2D eigenvalue weighted by Crippen LogP contribution is -2.42. The molecule has 7 atom stereocenters. The van der Waals surface area contributed by atoms with Gasteiger partial charge in [-0.1, -0.05) is 53.8 Å². The number of rotatable bonds is 9. The Labute approximate surface area is 310 Å². The van der Waals surface area contributed by atoms with Crippen molar-refractivity contribution in [3.05, 3.63) is 115 Å². The van der Waals surface area contributed by atoms with Gasteiger partial charge in [-0.15, -0.1) is 11.8 Å². The number of non-ortho nitro benzene ring substituents is 1. The summed E-state index contributed by atoms with van der Waals surface area (Å²) < 4.78 is 12.1. The Morgan fingerprint density at radius 1 is 0.943 bits per heavy atom. The van der Waals surface area contributed by atoms with E-state index in [2.05, 4.69) is 10.3 Å². The van der Waals surface area contributed by atoms with Crippen LogP contribution in [0, 0.1) is 39.7 Å². The van der Waals surface area contributed by atoms with Crippen LogP contribution in [-0.2, 0) is 14.4 Å². The number of carbonyl (C=O) groups is 3. The predicted octanol–water partition coefficient (Wildman–Crippen LogP) is 6.59. The molecule has 268 valence electrons. The molecule has 9 rings (SSSR count). The highest BCUT2D eigenvalue weighted by Gasteiger charge is 2.69. The number of benzene rings is 4. The molecule has 2 aliphatic heterocycles. The van der Waals surface area contributed by atoms with Crippen LogP contribution in [0.2, 0.25) is 0 Å². The van der Waals surface area contributed by atoms with Crippen molar-refractivity contribution in [3.63, 3.8) is 0 Å². The summed E-state index contributed by atoms with van der Waals surface area (Å²) in [6, 6.07) is 24.7. The number of amides is 3. The molecule has 4 aromatic carbocycles. The lowest BCUT2D eigenvalue weighted by atomic mass is 9.68. The van der Waals surface area contributed by atoms with Gasteiger partial charge in [0.1, 0.15) is 0 Å². The van der Waals surface area contributed by atoms with Gasteiger partial charge in [0.05, 0.1) is 34.1 Å². The van der Waals surface area contributed by atoms with Gasteiger partial charge < -0.3 is 19.8 Å². The standard InChI is InChI=1S/C39H32N4O8S2/c1-2-50-28-16-20(10-15-27(28)51-18-29(44)40-26-9-5-7-19-6-3-4-8-23(19)26)30-31-24-17-25(34(31)52-36-35(30)53-39(47)41-36)33-32(24)37(45)42(38(33)46)21-11-13-22(14-12-21)43(48)49/h3-16,24-25,30-34H,2,17-18H2,1H3,(H,40,44)(H,41,47)/t24?,25?,30-,31?,32?,33?,34?/m1/s1. The maximum absolute atomic E-state index is 14.1. The number of fused-ring (bicyclic) bond motifs is 10. The number of aromatic nitrogens is 1. The van der Waals surface area contributed by atoms with E-state index in [1.165, 1.54) is 29.2 Å². The monoisotopic (exact) mass is 748 g/mol. The molecule has 2 saturated carbocycles. The number of nitro groups is 1. The minimum atomic E-state index is -0.529. The van der Waals surface area contributed by atoms with Crippen molar-refractivity contribution in [2.45, 2.75) is 29.5 Å². The summed E-state index contributed by atoms with van der Waals surface area (Å²) in [5, 5.41) is 16.9. The van der Waals surface area contributed by atoms with Gasteiger partial charge >= 0.3 is 4.87 Å². The van der Waals surface area contributed by atoms with Crippen molar-refractivity contribution < 1.29 is 28.8 Å². The van der Waals surface area contributed by atoms with Crippen LogP contribution in [0.25, 0.3) is 10.8 Å². The Morgan fingerprint density at radius 2 is 1.70 bits per heavy atom. The second-order valence-electron chi connectivity index (χ2n) is 13.7. The number of thiazole rings is 1. The first-order valence-electron chi connectivity index (χ1n) is 17.4. The van der Waals surface area contributed by atoms with Crippen LogP contribution in [0.3, 0.4) is 0 Å². The minimum absolute atomic E-state index is 0.0261. The molecule has 1 saturated heterocycles. The zero-order valence-electron chi connectivity index (χ0n) is 28.2. The number of hydrogen-bond donors (Lipinski definition) is 2. The van der Waals surface area contributed by atoms with E-state index in [1.54, 1.807) is 17.8 Å². The van der Waals surface area contributed by atoms with Crippen molar-refractivity contribution >= 4 is 68.7 Å². The molecule has 1 aromatic heterocycles. The van der Waals surface area contributed by atoms with Crippen molar-refractivity contribution in [1.82, 2.24) is 4.98 Å². The first-order valence-corrected chi connectivity index (χ1v) is 19.1. The molecule has 6 unspecified atom stereocenters. The lowest BCUT2D eigenvalue weighted by Gasteiger charge is -2.43. The number of aromatic amines is 1. The number of nitrogens with zero attached hydrogens (tertiary/aromatic N) is 2. The minimum Gasteiger partial charge on any atom is -0.490 e. The Morgan fingerprint density at radius 3 is 2.47 bits per heavy atom. The normalized spacial score (nSPS) is 25.2. The topological polar surface area (TPSA) is 161 Å². The highest BCUT2D eigenvalue weighted by molar-refractivity contribution is 8.00. The van der Waals surface area contributed by atoms with E-state index in [-0.39, 0.29) is 63.8 Å². The quantitative estimate of drug-likeness (QED) is 0.0963. The summed E-state index contributed by atoms with van der Waals surface area (Å²) in [4.78, 5) is 69.6. The number of nitro benzene ring substituents is 1. The van der Waals surface area contributed by atoms with Crippen molar-refractivity contribution in [2.75, 3.05) is 23.4 Å². The number of imide groups is 1. The van der Waals surface area contributed by atoms with E-state index in [9.17, 15) is 29.3 Å². The molecule has 2 N–H and O–H groups in total. The van der Waals surface area contributed by atoms with Gasteiger partial charge in [-0.25, -0.2) is 0 Å². The predicted molar refractivity (Wildman–Crippen MR) is 200 cm³/mol. The number of nitrogens with one attached hydrogen (secondary N) is 2. The van der Waals surface area contributed by atoms with Gasteiger partial charge in [-0.2, -0.15) is 0 Å². The largest absolute Gasteiger partial charge is 0.490 e. The Kier molecular flexibility index (Phi) is 8.11. The van der Waals surface area contributed by atoms with Gasteiger partial charge in [-0.3, -0.25) is 34.2 Å². The van der Waals surface area contributed by atoms with Crippen LogP contribution in [0.5, 0.6) is 11.5 Å². The van der Waals surface area contributed by atoms with Crippen LogP contribution in [0.4, 0.5) is 17.1 Å². The zero-order chi connectivity index (χ0) is 36.5. The Bertz CT molecular complexity index is 2390. The summed E-state index contributed by atoms with van der Waals surface area (Å²) >= 11 is 2.75. The Balaban J connectivity index is 1.00. The number of H-pyrrole nitrogens is 1. The molecule has 0 radical (unpaired) electrons. The van der Waals surface area contributed by atoms with Crippen LogP contribution in [-0.4, -0.2) is 46.1 Å².